The lowest BCUT2D eigenvalue weighted by Crippen LogP contribution is -2.52. The molecule has 1 fully saturated rings. The van der Waals surface area contributed by atoms with Gasteiger partial charge in [0, 0.05) is 25.2 Å². The highest BCUT2D eigenvalue weighted by Crippen LogP contribution is 2.24. The molecule has 6 heteroatoms. The molecule has 6 nitrogen and oxygen atoms in total. The van der Waals surface area contributed by atoms with Crippen LogP contribution in [0, 0.1) is 12.8 Å². The number of anilines is 1. The highest BCUT2D eigenvalue weighted by Gasteiger charge is 2.32. The summed E-state index contributed by atoms with van der Waals surface area (Å²) in [6.45, 7) is 7.15. The highest BCUT2D eigenvalue weighted by atomic mass is 16.5. The molecule has 1 aromatic heterocycles. The van der Waals surface area contributed by atoms with Gasteiger partial charge in [-0.05, 0) is 20.8 Å². The van der Waals surface area contributed by atoms with E-state index in [0.29, 0.717) is 23.8 Å². The van der Waals surface area contributed by atoms with Crippen LogP contribution < -0.4 is 4.90 Å². The average Bonchev–Trinajstić information content (AvgIpc) is 2.26. The lowest BCUT2D eigenvalue weighted by Gasteiger charge is -2.40. The second kappa shape index (κ2) is 5.52. The number of carbonyl (C=O) groups is 1. The summed E-state index contributed by atoms with van der Waals surface area (Å²) in [6, 6.07) is 0. The number of hydrogen-bond donors (Lipinski definition) is 1. The van der Waals surface area contributed by atoms with Gasteiger partial charge in [-0.25, -0.2) is 14.8 Å². The molecule has 2 rings (SSSR count). The lowest BCUT2D eigenvalue weighted by atomic mass is 9.95. The number of hydrogen-bond acceptors (Lipinski definition) is 6. The number of aliphatic hydroxyl groups excluding tert-OH is 1. The Morgan fingerprint density at radius 1 is 1.63 bits per heavy atom. The minimum Gasteiger partial charge on any atom is -0.462 e. The number of rotatable bonds is 4. The maximum Gasteiger partial charge on any atom is 0.341 e. The Bertz CT molecular complexity index is 470. The van der Waals surface area contributed by atoms with Gasteiger partial charge >= 0.3 is 5.97 Å². The Morgan fingerprint density at radius 3 is 2.84 bits per heavy atom. The van der Waals surface area contributed by atoms with Gasteiger partial charge in [0.15, 0.2) is 0 Å². The summed E-state index contributed by atoms with van der Waals surface area (Å²) in [5, 5.41) is 9.44. The molecule has 104 valence electrons. The second-order valence-electron chi connectivity index (χ2n) is 4.80. The summed E-state index contributed by atoms with van der Waals surface area (Å²) in [5.74, 6) is 0.480. The van der Waals surface area contributed by atoms with Crippen LogP contribution >= 0.6 is 0 Å². The van der Waals surface area contributed by atoms with Crippen LogP contribution in [0.2, 0.25) is 0 Å². The molecule has 1 aromatic rings. The molecule has 1 aliphatic rings. The van der Waals surface area contributed by atoms with Crippen LogP contribution in [0.1, 0.15) is 29.9 Å². The SMILES string of the molecule is CCOC(=O)c1cnc(N2CC(C(C)O)C2)nc1C. The number of aryl methyl sites for hydroxylation is 1. The summed E-state index contributed by atoms with van der Waals surface area (Å²) in [5.41, 5.74) is 1.02. The van der Waals surface area contributed by atoms with Gasteiger partial charge in [0.2, 0.25) is 5.95 Å². The Hall–Kier alpha value is -1.69. The number of ether oxygens (including phenoxy) is 1. The smallest absolute Gasteiger partial charge is 0.341 e. The van der Waals surface area contributed by atoms with Crippen LogP contribution in [0.4, 0.5) is 5.95 Å². The number of aliphatic hydroxyl groups is 1. The maximum absolute atomic E-state index is 11.6. The minimum atomic E-state index is -0.392. The molecule has 1 N–H and O–H groups in total. The number of nitrogens with zero attached hydrogens (tertiary/aromatic N) is 3. The zero-order chi connectivity index (χ0) is 14.0. The molecule has 0 bridgehead atoms. The van der Waals surface area contributed by atoms with Crippen LogP contribution in [0.15, 0.2) is 6.20 Å². The summed E-state index contributed by atoms with van der Waals surface area (Å²) in [6.07, 6.45) is 1.20. The molecular formula is C13H19N3O3. The molecule has 0 spiro atoms. The predicted molar refractivity (Wildman–Crippen MR) is 70.1 cm³/mol. The van der Waals surface area contributed by atoms with Crippen LogP contribution in [-0.2, 0) is 4.74 Å². The first kappa shape index (κ1) is 13.7. The normalized spacial score (nSPS) is 16.9. The Morgan fingerprint density at radius 2 is 2.32 bits per heavy atom. The van der Waals surface area contributed by atoms with Crippen molar-refractivity contribution in [1.29, 1.82) is 0 Å². The third kappa shape index (κ3) is 2.84. The molecular weight excluding hydrogens is 246 g/mol. The van der Waals surface area contributed by atoms with E-state index in [4.69, 9.17) is 4.74 Å². The van der Waals surface area contributed by atoms with Crippen molar-refractivity contribution < 1.29 is 14.6 Å². The van der Waals surface area contributed by atoms with Gasteiger partial charge in [-0.3, -0.25) is 0 Å². The van der Waals surface area contributed by atoms with Crippen molar-refractivity contribution >= 4 is 11.9 Å². The third-order valence-electron chi connectivity index (χ3n) is 3.34. The Labute approximate surface area is 112 Å². The molecule has 0 aliphatic carbocycles. The number of esters is 1. The topological polar surface area (TPSA) is 75.5 Å². The van der Waals surface area contributed by atoms with Gasteiger partial charge in [-0.1, -0.05) is 0 Å². The fourth-order valence-electron chi connectivity index (χ4n) is 2.00. The van der Waals surface area contributed by atoms with Gasteiger partial charge in [-0.15, -0.1) is 0 Å². The van der Waals surface area contributed by atoms with E-state index in [1.165, 1.54) is 6.20 Å². The van der Waals surface area contributed by atoms with Crippen LogP contribution in [-0.4, -0.2) is 46.8 Å². The van der Waals surface area contributed by atoms with Crippen molar-refractivity contribution in [1.82, 2.24) is 9.97 Å². The number of carbonyl (C=O) groups excluding carboxylic acids is 1. The van der Waals surface area contributed by atoms with Crippen LogP contribution in [0.5, 0.6) is 0 Å². The monoisotopic (exact) mass is 265 g/mol. The zero-order valence-corrected chi connectivity index (χ0v) is 11.5. The molecule has 1 unspecified atom stereocenters. The molecule has 1 saturated heterocycles. The quantitative estimate of drug-likeness (QED) is 0.811. The lowest BCUT2D eigenvalue weighted by molar-refractivity contribution is 0.0524. The minimum absolute atomic E-state index is 0.272. The van der Waals surface area contributed by atoms with Crippen molar-refractivity contribution in [3.63, 3.8) is 0 Å². The molecule has 0 radical (unpaired) electrons. The average molecular weight is 265 g/mol. The van der Waals surface area contributed by atoms with E-state index >= 15 is 0 Å². The first-order valence-electron chi connectivity index (χ1n) is 6.46. The van der Waals surface area contributed by atoms with E-state index in [1.807, 2.05) is 4.90 Å². The van der Waals surface area contributed by atoms with Crippen molar-refractivity contribution in [3.05, 3.63) is 17.5 Å². The van der Waals surface area contributed by atoms with E-state index in [-0.39, 0.29) is 12.0 Å². The maximum atomic E-state index is 11.6. The summed E-state index contributed by atoms with van der Waals surface area (Å²) in [4.78, 5) is 22.1. The molecule has 19 heavy (non-hydrogen) atoms. The second-order valence-corrected chi connectivity index (χ2v) is 4.80. The van der Waals surface area contributed by atoms with Gasteiger partial charge < -0.3 is 14.7 Å². The standard InChI is InChI=1S/C13H19N3O3/c1-4-19-12(18)11-5-14-13(15-8(11)2)16-6-10(7-16)9(3)17/h5,9-10,17H,4,6-7H2,1-3H3. The fourth-order valence-corrected chi connectivity index (χ4v) is 2.00. The highest BCUT2D eigenvalue weighted by molar-refractivity contribution is 5.90. The van der Waals surface area contributed by atoms with E-state index in [9.17, 15) is 9.90 Å². The Kier molecular flexibility index (Phi) is 3.99. The zero-order valence-electron chi connectivity index (χ0n) is 11.5. The first-order valence-corrected chi connectivity index (χ1v) is 6.46. The fraction of sp³-hybridized carbons (Fsp3) is 0.615. The molecule has 2 heterocycles. The third-order valence-corrected chi connectivity index (χ3v) is 3.34. The molecule has 0 aromatic carbocycles. The van der Waals surface area contributed by atoms with E-state index in [2.05, 4.69) is 9.97 Å². The van der Waals surface area contributed by atoms with Crippen LogP contribution in [0.3, 0.4) is 0 Å². The van der Waals surface area contributed by atoms with Gasteiger partial charge in [0.05, 0.1) is 24.0 Å². The van der Waals surface area contributed by atoms with E-state index in [1.54, 1.807) is 20.8 Å². The van der Waals surface area contributed by atoms with Gasteiger partial charge in [-0.2, -0.15) is 0 Å². The van der Waals surface area contributed by atoms with Crippen molar-refractivity contribution in [3.8, 4) is 0 Å². The summed E-state index contributed by atoms with van der Waals surface area (Å²) >= 11 is 0. The van der Waals surface area contributed by atoms with E-state index in [0.717, 1.165) is 13.1 Å². The van der Waals surface area contributed by atoms with Crippen LogP contribution in [0.25, 0.3) is 0 Å². The van der Waals surface area contributed by atoms with Crippen molar-refractivity contribution in [2.75, 3.05) is 24.6 Å². The summed E-state index contributed by atoms with van der Waals surface area (Å²) < 4.78 is 4.93. The molecule has 0 amide bonds. The largest absolute Gasteiger partial charge is 0.462 e. The van der Waals surface area contributed by atoms with E-state index < -0.39 is 5.97 Å². The van der Waals surface area contributed by atoms with Crippen molar-refractivity contribution in [2.45, 2.75) is 26.9 Å². The Balaban J connectivity index is 2.06. The van der Waals surface area contributed by atoms with Crippen molar-refractivity contribution in [2.24, 2.45) is 5.92 Å². The van der Waals surface area contributed by atoms with Gasteiger partial charge in [0.1, 0.15) is 0 Å². The molecule has 0 saturated carbocycles. The predicted octanol–water partition coefficient (Wildman–Crippen LogP) is 0.779. The first-order chi connectivity index (χ1) is 9.02. The van der Waals surface area contributed by atoms with Gasteiger partial charge in [0.25, 0.3) is 0 Å². The molecule has 1 aliphatic heterocycles. The molecule has 1 atom stereocenters. The summed E-state index contributed by atoms with van der Waals surface area (Å²) in [7, 11) is 0. The number of aromatic nitrogens is 2.